The lowest BCUT2D eigenvalue weighted by Crippen LogP contribution is -2.30. The Morgan fingerprint density at radius 2 is 1.97 bits per heavy atom. The summed E-state index contributed by atoms with van der Waals surface area (Å²) in [5.74, 6) is -0.738. The van der Waals surface area contributed by atoms with E-state index in [9.17, 15) is 14.3 Å². The third-order valence-electron chi connectivity index (χ3n) is 7.51. The van der Waals surface area contributed by atoms with Gasteiger partial charge in [0.2, 0.25) is 0 Å². The standard InChI is InChI=1S/C26H26FN3O3/c1-14-8-19(2-3-21(14)27)30-23-11-18-13-28-29-22(18)12-20(23)24(16-9-17(10-16)26(31)32)25(30)15-4-6-33-7-5-15/h2-3,8,11-13,15-17H,4-7,9-10H2,1H3,(H,28,29)(H,31,32). The van der Waals surface area contributed by atoms with Crippen LogP contribution >= 0.6 is 0 Å². The van der Waals surface area contributed by atoms with Gasteiger partial charge in [-0.15, -0.1) is 0 Å². The fraction of sp³-hybridized carbons (Fsp3) is 0.385. The Morgan fingerprint density at radius 3 is 2.70 bits per heavy atom. The fourth-order valence-corrected chi connectivity index (χ4v) is 5.67. The van der Waals surface area contributed by atoms with Gasteiger partial charge in [-0.3, -0.25) is 9.89 Å². The van der Waals surface area contributed by atoms with Crippen molar-refractivity contribution in [3.8, 4) is 5.69 Å². The number of benzene rings is 2. The zero-order valence-corrected chi connectivity index (χ0v) is 18.5. The summed E-state index contributed by atoms with van der Waals surface area (Å²) in [5.41, 5.74) is 6.03. The molecule has 0 atom stereocenters. The highest BCUT2D eigenvalue weighted by atomic mass is 19.1. The fourth-order valence-electron chi connectivity index (χ4n) is 5.67. The minimum absolute atomic E-state index is 0.189. The second-order valence-corrected chi connectivity index (χ2v) is 9.48. The number of hydrogen-bond acceptors (Lipinski definition) is 3. The largest absolute Gasteiger partial charge is 0.481 e. The minimum atomic E-state index is -0.715. The van der Waals surface area contributed by atoms with E-state index in [4.69, 9.17) is 4.74 Å². The maximum Gasteiger partial charge on any atom is 0.306 e. The lowest BCUT2D eigenvalue weighted by molar-refractivity contribution is -0.145. The van der Waals surface area contributed by atoms with E-state index < -0.39 is 5.97 Å². The van der Waals surface area contributed by atoms with Crippen LogP contribution in [0.3, 0.4) is 0 Å². The van der Waals surface area contributed by atoms with Gasteiger partial charge in [0.1, 0.15) is 5.82 Å². The number of H-pyrrole nitrogens is 1. The Labute approximate surface area is 190 Å². The molecule has 2 fully saturated rings. The van der Waals surface area contributed by atoms with Crippen molar-refractivity contribution in [1.82, 2.24) is 14.8 Å². The average molecular weight is 448 g/mol. The molecule has 2 N–H and O–H groups in total. The first-order chi connectivity index (χ1) is 16.0. The number of aliphatic carboxylic acids is 1. The van der Waals surface area contributed by atoms with Crippen LogP contribution in [0.2, 0.25) is 0 Å². The van der Waals surface area contributed by atoms with Crippen molar-refractivity contribution in [2.75, 3.05) is 13.2 Å². The van der Waals surface area contributed by atoms with Crippen LogP contribution in [0.5, 0.6) is 0 Å². The third kappa shape index (κ3) is 3.25. The Balaban J connectivity index is 1.65. The molecule has 1 saturated heterocycles. The number of fused-ring (bicyclic) bond motifs is 2. The van der Waals surface area contributed by atoms with Gasteiger partial charge in [-0.2, -0.15) is 5.10 Å². The molecule has 0 bridgehead atoms. The van der Waals surface area contributed by atoms with Gasteiger partial charge >= 0.3 is 5.97 Å². The van der Waals surface area contributed by atoms with Gasteiger partial charge in [0.05, 0.1) is 23.1 Å². The summed E-state index contributed by atoms with van der Waals surface area (Å²) in [6.07, 6.45) is 4.94. The number of ether oxygens (including phenoxy) is 1. The number of hydrogen-bond donors (Lipinski definition) is 2. The van der Waals surface area contributed by atoms with Crippen LogP contribution < -0.4 is 0 Å². The number of nitrogens with zero attached hydrogens (tertiary/aromatic N) is 2. The Bertz CT molecular complexity index is 1380. The minimum Gasteiger partial charge on any atom is -0.481 e. The molecule has 0 spiro atoms. The van der Waals surface area contributed by atoms with Gasteiger partial charge in [0, 0.05) is 41.3 Å². The summed E-state index contributed by atoms with van der Waals surface area (Å²) < 4.78 is 22.1. The van der Waals surface area contributed by atoms with E-state index in [0.29, 0.717) is 37.5 Å². The molecular formula is C26H26FN3O3. The van der Waals surface area contributed by atoms with E-state index in [1.165, 1.54) is 17.3 Å². The second-order valence-electron chi connectivity index (χ2n) is 9.48. The highest BCUT2D eigenvalue weighted by molar-refractivity contribution is 5.99. The van der Waals surface area contributed by atoms with Gasteiger partial charge < -0.3 is 14.4 Å². The van der Waals surface area contributed by atoms with E-state index in [-0.39, 0.29) is 17.7 Å². The van der Waals surface area contributed by atoms with Crippen molar-refractivity contribution < 1.29 is 19.0 Å². The Kier molecular flexibility index (Phi) is 4.76. The number of carbonyl (C=O) groups is 1. The van der Waals surface area contributed by atoms with Crippen molar-refractivity contribution in [3.05, 3.63) is 59.2 Å². The molecule has 0 unspecified atom stereocenters. The molecule has 7 heteroatoms. The number of halogens is 1. The van der Waals surface area contributed by atoms with Crippen molar-refractivity contribution in [1.29, 1.82) is 0 Å². The molecule has 33 heavy (non-hydrogen) atoms. The number of aromatic amines is 1. The van der Waals surface area contributed by atoms with Crippen molar-refractivity contribution in [2.24, 2.45) is 5.92 Å². The molecular weight excluding hydrogens is 421 g/mol. The lowest BCUT2D eigenvalue weighted by atomic mass is 9.69. The van der Waals surface area contributed by atoms with E-state index in [2.05, 4.69) is 26.9 Å². The molecule has 170 valence electrons. The van der Waals surface area contributed by atoms with Gasteiger partial charge in [-0.05, 0) is 80.0 Å². The van der Waals surface area contributed by atoms with Crippen LogP contribution in [0, 0.1) is 18.7 Å². The maximum atomic E-state index is 14.2. The summed E-state index contributed by atoms with van der Waals surface area (Å²) in [5, 5.41) is 18.9. The van der Waals surface area contributed by atoms with E-state index >= 15 is 0 Å². The van der Waals surface area contributed by atoms with Crippen LogP contribution in [-0.4, -0.2) is 39.1 Å². The second kappa shape index (κ2) is 7.70. The summed E-state index contributed by atoms with van der Waals surface area (Å²) in [6, 6.07) is 9.57. The first kappa shape index (κ1) is 20.4. The van der Waals surface area contributed by atoms with Crippen LogP contribution in [0.1, 0.15) is 54.3 Å². The van der Waals surface area contributed by atoms with Crippen molar-refractivity contribution >= 4 is 27.8 Å². The highest BCUT2D eigenvalue weighted by Crippen LogP contribution is 2.50. The predicted molar refractivity (Wildman–Crippen MR) is 124 cm³/mol. The molecule has 6 nitrogen and oxygen atoms in total. The topological polar surface area (TPSA) is 80.1 Å². The van der Waals surface area contributed by atoms with E-state index in [1.807, 2.05) is 18.3 Å². The molecule has 6 rings (SSSR count). The first-order valence-corrected chi connectivity index (χ1v) is 11.6. The lowest BCUT2D eigenvalue weighted by Gasteiger charge is -2.35. The SMILES string of the molecule is Cc1cc(-n2c(C3CCOCC3)c(C3CC(C(=O)O)C3)c3cc4[nH]ncc4cc32)ccc1F. The molecule has 0 radical (unpaired) electrons. The zero-order valence-electron chi connectivity index (χ0n) is 18.5. The molecule has 0 amide bonds. The van der Waals surface area contributed by atoms with E-state index in [1.54, 1.807) is 6.92 Å². The maximum absolute atomic E-state index is 14.2. The zero-order chi connectivity index (χ0) is 22.7. The molecule has 2 aliphatic rings. The average Bonchev–Trinajstić information content (AvgIpc) is 3.36. The summed E-state index contributed by atoms with van der Waals surface area (Å²) in [6.45, 7) is 3.21. The van der Waals surface area contributed by atoms with Crippen molar-refractivity contribution in [3.63, 3.8) is 0 Å². The summed E-state index contributed by atoms with van der Waals surface area (Å²) in [7, 11) is 0. The molecule has 3 heterocycles. The summed E-state index contributed by atoms with van der Waals surface area (Å²) >= 11 is 0. The van der Waals surface area contributed by atoms with Gasteiger partial charge in [0.25, 0.3) is 0 Å². The molecule has 4 aromatic rings. The monoisotopic (exact) mass is 447 g/mol. The van der Waals surface area contributed by atoms with Crippen LogP contribution in [-0.2, 0) is 9.53 Å². The number of carboxylic acids is 1. The van der Waals surface area contributed by atoms with Gasteiger partial charge in [-0.1, -0.05) is 0 Å². The number of rotatable bonds is 4. The third-order valence-corrected chi connectivity index (χ3v) is 7.51. The highest BCUT2D eigenvalue weighted by Gasteiger charge is 2.40. The number of nitrogens with one attached hydrogen (secondary N) is 1. The Morgan fingerprint density at radius 1 is 1.18 bits per heavy atom. The summed E-state index contributed by atoms with van der Waals surface area (Å²) in [4.78, 5) is 11.6. The predicted octanol–water partition coefficient (Wildman–Crippen LogP) is 5.43. The van der Waals surface area contributed by atoms with Crippen molar-refractivity contribution in [2.45, 2.75) is 44.4 Å². The number of carboxylic acid groups (broad SMARTS) is 1. The molecule has 1 saturated carbocycles. The van der Waals surface area contributed by atoms with E-state index in [0.717, 1.165) is 40.3 Å². The van der Waals surface area contributed by atoms with Gasteiger partial charge in [-0.25, -0.2) is 4.39 Å². The normalized spacial score (nSPS) is 21.5. The molecule has 2 aromatic heterocycles. The van der Waals surface area contributed by atoms with Crippen LogP contribution in [0.4, 0.5) is 4.39 Å². The number of aryl methyl sites for hydroxylation is 1. The molecule has 1 aliphatic carbocycles. The van der Waals surface area contributed by atoms with Crippen LogP contribution in [0.15, 0.2) is 36.5 Å². The smallest absolute Gasteiger partial charge is 0.306 e. The molecule has 1 aliphatic heterocycles. The first-order valence-electron chi connectivity index (χ1n) is 11.6. The Hall–Kier alpha value is -3.19. The number of aromatic nitrogens is 3. The quantitative estimate of drug-likeness (QED) is 0.437. The molecule has 2 aromatic carbocycles. The van der Waals surface area contributed by atoms with Crippen LogP contribution in [0.25, 0.3) is 27.5 Å². The van der Waals surface area contributed by atoms with Gasteiger partial charge in [0.15, 0.2) is 0 Å².